The first-order valence-corrected chi connectivity index (χ1v) is 6.94. The van der Waals surface area contributed by atoms with Gasteiger partial charge in [-0.15, -0.1) is 11.3 Å². The summed E-state index contributed by atoms with van der Waals surface area (Å²) in [7, 11) is 0. The largest absolute Gasteiger partial charge is 0.301 e. The first-order chi connectivity index (χ1) is 8.15. The van der Waals surface area contributed by atoms with Crippen molar-refractivity contribution in [2.24, 2.45) is 0 Å². The molecule has 1 aromatic heterocycles. The van der Waals surface area contributed by atoms with E-state index in [0.29, 0.717) is 12.5 Å². The first-order valence-electron chi connectivity index (χ1n) is 6.13. The molecule has 2 rings (SSSR count). The summed E-state index contributed by atoms with van der Waals surface area (Å²) in [6.07, 6.45) is 4.27. The lowest BCUT2D eigenvalue weighted by molar-refractivity contribution is -0.117. The molecular formula is C12H19N3OS. The van der Waals surface area contributed by atoms with E-state index < -0.39 is 0 Å². The molecule has 1 saturated heterocycles. The molecule has 1 aliphatic heterocycles. The summed E-state index contributed by atoms with van der Waals surface area (Å²) >= 11 is 1.57. The second-order valence-electron chi connectivity index (χ2n) is 4.75. The third-order valence-corrected chi connectivity index (χ3v) is 4.12. The van der Waals surface area contributed by atoms with Gasteiger partial charge in [-0.1, -0.05) is 13.8 Å². The molecule has 94 valence electrons. The highest BCUT2D eigenvalue weighted by atomic mass is 32.1. The molecule has 1 fully saturated rings. The lowest BCUT2D eigenvalue weighted by Crippen LogP contribution is -2.30. The Balaban J connectivity index is 1.84. The van der Waals surface area contributed by atoms with E-state index >= 15 is 0 Å². The molecule has 1 aliphatic rings. The van der Waals surface area contributed by atoms with Crippen LogP contribution in [-0.4, -0.2) is 35.4 Å². The van der Waals surface area contributed by atoms with Crippen molar-refractivity contribution in [1.29, 1.82) is 0 Å². The van der Waals surface area contributed by atoms with Gasteiger partial charge < -0.3 is 5.32 Å². The van der Waals surface area contributed by atoms with Gasteiger partial charge in [0.05, 0.1) is 6.54 Å². The zero-order chi connectivity index (χ0) is 12.3. The summed E-state index contributed by atoms with van der Waals surface area (Å²) in [6, 6.07) is 0. The third kappa shape index (κ3) is 3.51. The van der Waals surface area contributed by atoms with E-state index in [1.54, 1.807) is 11.3 Å². The number of thiazole rings is 1. The molecule has 0 bridgehead atoms. The maximum atomic E-state index is 11.8. The van der Waals surface area contributed by atoms with Crippen LogP contribution < -0.4 is 5.32 Å². The van der Waals surface area contributed by atoms with E-state index in [9.17, 15) is 4.79 Å². The van der Waals surface area contributed by atoms with E-state index in [1.165, 1.54) is 17.7 Å². The molecule has 0 aromatic carbocycles. The zero-order valence-electron chi connectivity index (χ0n) is 10.4. The minimum absolute atomic E-state index is 0.0524. The number of nitrogens with zero attached hydrogens (tertiary/aromatic N) is 2. The summed E-state index contributed by atoms with van der Waals surface area (Å²) in [5.74, 6) is 0.522. The van der Waals surface area contributed by atoms with Crippen LogP contribution in [-0.2, 0) is 4.79 Å². The predicted octanol–water partition coefficient (Wildman–Crippen LogP) is 2.30. The van der Waals surface area contributed by atoms with E-state index in [1.807, 2.05) is 6.20 Å². The quantitative estimate of drug-likeness (QED) is 0.895. The predicted molar refractivity (Wildman–Crippen MR) is 70.5 cm³/mol. The fourth-order valence-corrected chi connectivity index (χ4v) is 2.75. The third-order valence-electron chi connectivity index (χ3n) is 2.90. The van der Waals surface area contributed by atoms with Crippen molar-refractivity contribution in [3.8, 4) is 0 Å². The highest BCUT2D eigenvalue weighted by Crippen LogP contribution is 2.25. The fraction of sp³-hybridized carbons (Fsp3) is 0.667. The number of carbonyl (C=O) groups is 1. The van der Waals surface area contributed by atoms with Crippen LogP contribution in [0.5, 0.6) is 0 Å². The second-order valence-corrected chi connectivity index (χ2v) is 5.82. The monoisotopic (exact) mass is 253 g/mol. The minimum atomic E-state index is 0.0524. The van der Waals surface area contributed by atoms with Gasteiger partial charge in [-0.05, 0) is 31.8 Å². The van der Waals surface area contributed by atoms with Crippen LogP contribution >= 0.6 is 11.3 Å². The SMILES string of the molecule is CC(C)c1cnc(NC(=O)CN2CCCC2)s1. The zero-order valence-corrected chi connectivity index (χ0v) is 11.2. The standard InChI is InChI=1S/C12H19N3OS/c1-9(2)10-7-13-12(17-10)14-11(16)8-15-5-3-4-6-15/h7,9H,3-6,8H2,1-2H3,(H,13,14,16). The lowest BCUT2D eigenvalue weighted by Gasteiger charge is -2.12. The number of rotatable bonds is 4. The Hall–Kier alpha value is -0.940. The van der Waals surface area contributed by atoms with Gasteiger partial charge >= 0.3 is 0 Å². The van der Waals surface area contributed by atoms with Crippen LogP contribution in [0.4, 0.5) is 5.13 Å². The number of hydrogen-bond donors (Lipinski definition) is 1. The smallest absolute Gasteiger partial charge is 0.240 e. The molecule has 5 heteroatoms. The van der Waals surface area contributed by atoms with Crippen LogP contribution in [0.3, 0.4) is 0 Å². The van der Waals surface area contributed by atoms with Gasteiger partial charge in [0.25, 0.3) is 0 Å². The van der Waals surface area contributed by atoms with Gasteiger partial charge in [-0.25, -0.2) is 4.98 Å². The molecule has 0 unspecified atom stereocenters. The number of amides is 1. The van der Waals surface area contributed by atoms with Crippen molar-refractivity contribution < 1.29 is 4.79 Å². The summed E-state index contributed by atoms with van der Waals surface area (Å²) < 4.78 is 0. The summed E-state index contributed by atoms with van der Waals surface area (Å²) in [6.45, 7) is 6.84. The van der Waals surface area contributed by atoms with Gasteiger partial charge in [0.1, 0.15) is 0 Å². The Labute approximate surface area is 106 Å². The number of aromatic nitrogens is 1. The van der Waals surface area contributed by atoms with E-state index in [4.69, 9.17) is 0 Å². The Bertz CT molecular complexity index is 383. The molecule has 0 spiro atoms. The van der Waals surface area contributed by atoms with E-state index in [0.717, 1.165) is 18.2 Å². The molecule has 0 radical (unpaired) electrons. The maximum absolute atomic E-state index is 11.8. The van der Waals surface area contributed by atoms with E-state index in [2.05, 4.69) is 29.0 Å². The summed E-state index contributed by atoms with van der Waals surface area (Å²) in [5, 5.41) is 3.59. The number of carbonyl (C=O) groups excluding carboxylic acids is 1. The lowest BCUT2D eigenvalue weighted by atomic mass is 10.2. The van der Waals surface area contributed by atoms with Crippen molar-refractivity contribution in [3.63, 3.8) is 0 Å². The van der Waals surface area contributed by atoms with Gasteiger partial charge in [-0.2, -0.15) is 0 Å². The number of likely N-dealkylation sites (tertiary alicyclic amines) is 1. The molecule has 1 N–H and O–H groups in total. The molecule has 4 nitrogen and oxygen atoms in total. The number of anilines is 1. The number of nitrogens with one attached hydrogen (secondary N) is 1. The Kier molecular flexibility index (Phi) is 4.12. The number of hydrogen-bond acceptors (Lipinski definition) is 4. The molecule has 17 heavy (non-hydrogen) atoms. The topological polar surface area (TPSA) is 45.2 Å². The molecule has 1 aromatic rings. The van der Waals surface area contributed by atoms with Crippen LogP contribution in [0, 0.1) is 0 Å². The van der Waals surface area contributed by atoms with Crippen LogP contribution in [0.1, 0.15) is 37.5 Å². The van der Waals surface area contributed by atoms with Crippen LogP contribution in [0.2, 0.25) is 0 Å². The second kappa shape index (κ2) is 5.60. The van der Waals surface area contributed by atoms with Crippen LogP contribution in [0.15, 0.2) is 6.20 Å². The van der Waals surface area contributed by atoms with Crippen molar-refractivity contribution >= 4 is 22.4 Å². The van der Waals surface area contributed by atoms with Gasteiger partial charge in [-0.3, -0.25) is 9.69 Å². The van der Waals surface area contributed by atoms with Gasteiger partial charge in [0, 0.05) is 11.1 Å². The Morgan fingerprint density at radius 3 is 2.82 bits per heavy atom. The van der Waals surface area contributed by atoms with Crippen molar-refractivity contribution in [3.05, 3.63) is 11.1 Å². The van der Waals surface area contributed by atoms with Gasteiger partial charge in [0.15, 0.2) is 5.13 Å². The average Bonchev–Trinajstić information content (AvgIpc) is 2.88. The van der Waals surface area contributed by atoms with Crippen molar-refractivity contribution in [2.45, 2.75) is 32.6 Å². The van der Waals surface area contributed by atoms with Crippen LogP contribution in [0.25, 0.3) is 0 Å². The minimum Gasteiger partial charge on any atom is -0.301 e. The fourth-order valence-electron chi connectivity index (χ4n) is 1.91. The Morgan fingerprint density at radius 1 is 1.53 bits per heavy atom. The molecular weight excluding hydrogens is 234 g/mol. The van der Waals surface area contributed by atoms with Gasteiger partial charge in [0.2, 0.25) is 5.91 Å². The summed E-state index contributed by atoms with van der Waals surface area (Å²) in [5.41, 5.74) is 0. The normalized spacial score (nSPS) is 16.6. The molecule has 0 aliphatic carbocycles. The first kappa shape index (κ1) is 12.5. The molecule has 0 atom stereocenters. The molecule has 1 amide bonds. The summed E-state index contributed by atoms with van der Waals surface area (Å²) in [4.78, 5) is 19.4. The van der Waals surface area contributed by atoms with Crippen molar-refractivity contribution in [1.82, 2.24) is 9.88 Å². The highest BCUT2D eigenvalue weighted by molar-refractivity contribution is 7.15. The highest BCUT2D eigenvalue weighted by Gasteiger charge is 2.16. The maximum Gasteiger partial charge on any atom is 0.240 e. The average molecular weight is 253 g/mol. The van der Waals surface area contributed by atoms with E-state index in [-0.39, 0.29) is 5.91 Å². The molecule has 2 heterocycles. The Morgan fingerprint density at radius 2 is 2.24 bits per heavy atom. The van der Waals surface area contributed by atoms with Crippen molar-refractivity contribution in [2.75, 3.05) is 25.0 Å². The molecule has 0 saturated carbocycles.